The minimum atomic E-state index is 0.0846. The Labute approximate surface area is 118 Å². The van der Waals surface area contributed by atoms with Crippen LogP contribution in [0.5, 0.6) is 0 Å². The lowest BCUT2D eigenvalue weighted by molar-refractivity contribution is 0.705. The molecule has 4 heteroatoms. The molecule has 1 N–H and O–H groups in total. The van der Waals surface area contributed by atoms with Crippen LogP contribution in [0.3, 0.4) is 0 Å². The van der Waals surface area contributed by atoms with Gasteiger partial charge in [-0.2, -0.15) is 0 Å². The molecule has 20 heavy (non-hydrogen) atoms. The van der Waals surface area contributed by atoms with Crippen molar-refractivity contribution in [2.45, 2.75) is 32.7 Å². The molecule has 104 valence electrons. The predicted molar refractivity (Wildman–Crippen MR) is 80.2 cm³/mol. The summed E-state index contributed by atoms with van der Waals surface area (Å²) in [7, 11) is 0. The molecule has 2 aromatic heterocycles. The van der Waals surface area contributed by atoms with Crippen LogP contribution in [0.25, 0.3) is 0 Å². The summed E-state index contributed by atoms with van der Waals surface area (Å²) in [5.41, 5.74) is 3.67. The Morgan fingerprint density at radius 1 is 1.25 bits per heavy atom. The summed E-state index contributed by atoms with van der Waals surface area (Å²) in [5.74, 6) is 0.877. The summed E-state index contributed by atoms with van der Waals surface area (Å²) in [5, 5.41) is 3.17. The Morgan fingerprint density at radius 2 is 2.15 bits per heavy atom. The number of aryl methyl sites for hydroxylation is 1. The number of aromatic nitrogens is 2. The van der Waals surface area contributed by atoms with E-state index in [1.807, 2.05) is 35.9 Å². The molecule has 0 spiro atoms. The summed E-state index contributed by atoms with van der Waals surface area (Å²) in [6, 6.07) is 7.66. The second-order valence-electron chi connectivity index (χ2n) is 5.17. The fraction of sp³-hybridized carbons (Fsp3) is 0.375. The van der Waals surface area contributed by atoms with Crippen molar-refractivity contribution in [1.29, 1.82) is 0 Å². The fourth-order valence-corrected chi connectivity index (χ4v) is 2.79. The molecule has 2 heterocycles. The number of rotatable bonds is 4. The number of anilines is 1. The standard InChI is InChI=1S/C16H19N3O/c1-2-17-15-8-6-12(10-18-15)11-19-14-5-3-4-13(14)7-9-16(19)20/h6-10H,2-5,11H2,1H3,(H,17,18). The molecule has 0 fully saturated rings. The van der Waals surface area contributed by atoms with Gasteiger partial charge in [0.1, 0.15) is 5.82 Å². The van der Waals surface area contributed by atoms with Gasteiger partial charge in [-0.05, 0) is 43.4 Å². The van der Waals surface area contributed by atoms with E-state index in [-0.39, 0.29) is 5.56 Å². The summed E-state index contributed by atoms with van der Waals surface area (Å²) in [6.07, 6.45) is 5.09. The van der Waals surface area contributed by atoms with Gasteiger partial charge in [-0.1, -0.05) is 12.1 Å². The van der Waals surface area contributed by atoms with Gasteiger partial charge >= 0.3 is 0 Å². The number of fused-ring (bicyclic) bond motifs is 1. The van der Waals surface area contributed by atoms with E-state index in [1.165, 1.54) is 11.3 Å². The van der Waals surface area contributed by atoms with E-state index < -0.39 is 0 Å². The van der Waals surface area contributed by atoms with Crippen LogP contribution in [0.2, 0.25) is 0 Å². The van der Waals surface area contributed by atoms with Crippen molar-refractivity contribution in [3.05, 3.63) is 57.6 Å². The monoisotopic (exact) mass is 269 g/mol. The van der Waals surface area contributed by atoms with Crippen LogP contribution in [-0.4, -0.2) is 16.1 Å². The van der Waals surface area contributed by atoms with Crippen molar-refractivity contribution in [1.82, 2.24) is 9.55 Å². The number of nitrogens with zero attached hydrogens (tertiary/aromatic N) is 2. The Balaban J connectivity index is 1.88. The van der Waals surface area contributed by atoms with Crippen LogP contribution in [-0.2, 0) is 19.4 Å². The van der Waals surface area contributed by atoms with Crippen LogP contribution in [0.15, 0.2) is 35.3 Å². The molecule has 0 aliphatic heterocycles. The highest BCUT2D eigenvalue weighted by Crippen LogP contribution is 2.20. The van der Waals surface area contributed by atoms with E-state index in [0.717, 1.165) is 37.2 Å². The zero-order chi connectivity index (χ0) is 13.9. The largest absolute Gasteiger partial charge is 0.370 e. The van der Waals surface area contributed by atoms with Crippen molar-refractivity contribution in [3.8, 4) is 0 Å². The normalized spacial score (nSPS) is 13.2. The molecule has 0 amide bonds. The first-order valence-electron chi connectivity index (χ1n) is 7.18. The van der Waals surface area contributed by atoms with E-state index >= 15 is 0 Å². The SMILES string of the molecule is CCNc1ccc(Cn2c3c(ccc2=O)CCC3)cn1. The highest BCUT2D eigenvalue weighted by Gasteiger charge is 2.15. The van der Waals surface area contributed by atoms with Crippen LogP contribution in [0, 0.1) is 0 Å². The molecule has 2 aromatic rings. The van der Waals surface area contributed by atoms with Crippen LogP contribution in [0.4, 0.5) is 5.82 Å². The van der Waals surface area contributed by atoms with E-state index in [9.17, 15) is 4.79 Å². The minimum Gasteiger partial charge on any atom is -0.370 e. The fourth-order valence-electron chi connectivity index (χ4n) is 2.79. The number of pyridine rings is 2. The highest BCUT2D eigenvalue weighted by atomic mass is 16.1. The van der Waals surface area contributed by atoms with Crippen molar-refractivity contribution in [3.63, 3.8) is 0 Å². The van der Waals surface area contributed by atoms with Gasteiger partial charge in [-0.3, -0.25) is 4.79 Å². The van der Waals surface area contributed by atoms with Crippen molar-refractivity contribution < 1.29 is 0 Å². The second-order valence-corrected chi connectivity index (χ2v) is 5.17. The summed E-state index contributed by atoms with van der Waals surface area (Å²) < 4.78 is 1.90. The van der Waals surface area contributed by atoms with Crippen LogP contribution < -0.4 is 10.9 Å². The molecular weight excluding hydrogens is 250 g/mol. The minimum absolute atomic E-state index is 0.0846. The molecule has 0 bridgehead atoms. The Hall–Kier alpha value is -2.10. The van der Waals surface area contributed by atoms with Gasteiger partial charge < -0.3 is 9.88 Å². The lowest BCUT2D eigenvalue weighted by Crippen LogP contribution is -2.23. The van der Waals surface area contributed by atoms with E-state index in [0.29, 0.717) is 6.54 Å². The third kappa shape index (κ3) is 2.46. The van der Waals surface area contributed by atoms with Gasteiger partial charge in [0.2, 0.25) is 0 Å². The van der Waals surface area contributed by atoms with Crippen molar-refractivity contribution in [2.75, 3.05) is 11.9 Å². The number of hydrogen-bond donors (Lipinski definition) is 1. The van der Waals surface area contributed by atoms with Gasteiger partial charge in [-0.25, -0.2) is 4.98 Å². The summed E-state index contributed by atoms with van der Waals surface area (Å²) in [6.45, 7) is 3.52. The smallest absolute Gasteiger partial charge is 0.251 e. The van der Waals surface area contributed by atoms with E-state index in [4.69, 9.17) is 0 Å². The maximum Gasteiger partial charge on any atom is 0.251 e. The molecule has 3 rings (SSSR count). The van der Waals surface area contributed by atoms with E-state index in [2.05, 4.69) is 10.3 Å². The second kappa shape index (κ2) is 5.49. The van der Waals surface area contributed by atoms with Crippen LogP contribution in [0.1, 0.15) is 30.2 Å². The number of hydrogen-bond acceptors (Lipinski definition) is 3. The maximum absolute atomic E-state index is 12.1. The summed E-state index contributed by atoms with van der Waals surface area (Å²) >= 11 is 0. The molecule has 4 nitrogen and oxygen atoms in total. The van der Waals surface area contributed by atoms with Crippen molar-refractivity contribution in [2.24, 2.45) is 0 Å². The first-order chi connectivity index (χ1) is 9.78. The van der Waals surface area contributed by atoms with Crippen molar-refractivity contribution >= 4 is 5.82 Å². The zero-order valence-electron chi connectivity index (χ0n) is 11.7. The molecule has 0 atom stereocenters. The highest BCUT2D eigenvalue weighted by molar-refractivity contribution is 5.35. The predicted octanol–water partition coefficient (Wildman–Crippen LogP) is 2.21. The van der Waals surface area contributed by atoms with Crippen LogP contribution >= 0.6 is 0 Å². The van der Waals surface area contributed by atoms with Gasteiger partial charge in [0.05, 0.1) is 6.54 Å². The third-order valence-electron chi connectivity index (χ3n) is 3.77. The quantitative estimate of drug-likeness (QED) is 0.925. The molecule has 1 aliphatic carbocycles. The van der Waals surface area contributed by atoms with E-state index in [1.54, 1.807) is 6.07 Å². The Morgan fingerprint density at radius 3 is 2.90 bits per heavy atom. The lowest BCUT2D eigenvalue weighted by atomic mass is 10.2. The molecule has 1 aliphatic rings. The molecule has 0 radical (unpaired) electrons. The summed E-state index contributed by atoms with van der Waals surface area (Å²) in [4.78, 5) is 16.4. The Bertz CT molecular complexity index is 658. The number of nitrogens with one attached hydrogen (secondary N) is 1. The van der Waals surface area contributed by atoms with Gasteiger partial charge in [-0.15, -0.1) is 0 Å². The van der Waals surface area contributed by atoms with Gasteiger partial charge in [0, 0.05) is 24.5 Å². The molecular formula is C16H19N3O. The average Bonchev–Trinajstić information content (AvgIpc) is 2.93. The van der Waals surface area contributed by atoms with Gasteiger partial charge in [0.25, 0.3) is 5.56 Å². The Kier molecular flexibility index (Phi) is 3.54. The first kappa shape index (κ1) is 12.9. The average molecular weight is 269 g/mol. The molecule has 0 saturated heterocycles. The molecule has 0 aromatic carbocycles. The first-order valence-corrected chi connectivity index (χ1v) is 7.18. The zero-order valence-corrected chi connectivity index (χ0v) is 11.7. The molecule has 0 unspecified atom stereocenters. The topological polar surface area (TPSA) is 46.9 Å². The molecule has 0 saturated carbocycles. The lowest BCUT2D eigenvalue weighted by Gasteiger charge is -2.12. The third-order valence-corrected chi connectivity index (χ3v) is 3.77. The maximum atomic E-state index is 12.1. The van der Waals surface area contributed by atoms with Gasteiger partial charge in [0.15, 0.2) is 0 Å².